The fourth-order valence-corrected chi connectivity index (χ4v) is 3.02. The first-order valence-corrected chi connectivity index (χ1v) is 8.74. The largest absolute Gasteiger partial charge is 0.377 e. The number of benzene rings is 1. The Morgan fingerprint density at radius 2 is 1.76 bits per heavy atom. The summed E-state index contributed by atoms with van der Waals surface area (Å²) < 4.78 is 31.2. The summed E-state index contributed by atoms with van der Waals surface area (Å²) in [5.41, 5.74) is 1.93. The highest BCUT2D eigenvalue weighted by molar-refractivity contribution is 7.88. The lowest BCUT2D eigenvalue weighted by Crippen LogP contribution is -2.31. The number of rotatable bonds is 9. The van der Waals surface area contributed by atoms with Gasteiger partial charge >= 0.3 is 0 Å². The van der Waals surface area contributed by atoms with Gasteiger partial charge < -0.3 is 10.1 Å². The summed E-state index contributed by atoms with van der Waals surface area (Å²) in [4.78, 5) is 0. The van der Waals surface area contributed by atoms with Crippen molar-refractivity contribution in [2.24, 2.45) is 0 Å². The summed E-state index contributed by atoms with van der Waals surface area (Å²) in [6.07, 6.45) is 0.112. The van der Waals surface area contributed by atoms with E-state index in [1.54, 1.807) is 7.05 Å². The molecular weight excluding hydrogens is 288 g/mol. The van der Waals surface area contributed by atoms with E-state index in [1.807, 2.05) is 45.2 Å². The van der Waals surface area contributed by atoms with Gasteiger partial charge in [-0.15, -0.1) is 0 Å². The summed E-state index contributed by atoms with van der Waals surface area (Å²) in [6, 6.07) is 7.62. The van der Waals surface area contributed by atoms with Crippen LogP contribution >= 0.6 is 0 Å². The lowest BCUT2D eigenvalue weighted by Gasteiger charge is -2.18. The molecule has 0 aliphatic carbocycles. The smallest absolute Gasteiger partial charge is 0.218 e. The number of nitrogens with zero attached hydrogens (tertiary/aromatic N) is 1. The average Bonchev–Trinajstić information content (AvgIpc) is 2.40. The molecule has 0 atom stereocenters. The second-order valence-corrected chi connectivity index (χ2v) is 7.42. The molecule has 1 rings (SSSR count). The van der Waals surface area contributed by atoms with E-state index in [0.29, 0.717) is 13.2 Å². The third-order valence-corrected chi connectivity index (χ3v) is 4.92. The van der Waals surface area contributed by atoms with Crippen molar-refractivity contribution in [1.82, 2.24) is 9.62 Å². The molecule has 1 N–H and O–H groups in total. The predicted octanol–water partition coefficient (Wildman–Crippen LogP) is 1.59. The number of ether oxygens (including phenoxy) is 1. The van der Waals surface area contributed by atoms with Crippen molar-refractivity contribution >= 4 is 10.0 Å². The van der Waals surface area contributed by atoms with Crippen LogP contribution < -0.4 is 5.32 Å². The van der Waals surface area contributed by atoms with Gasteiger partial charge in [0.1, 0.15) is 0 Å². The van der Waals surface area contributed by atoms with Gasteiger partial charge in [-0.1, -0.05) is 24.3 Å². The van der Waals surface area contributed by atoms with Crippen LogP contribution in [0.3, 0.4) is 0 Å². The summed E-state index contributed by atoms with van der Waals surface area (Å²) in [5, 5.41) is 3.06. The Labute approximate surface area is 128 Å². The van der Waals surface area contributed by atoms with Crippen LogP contribution in [0.1, 0.15) is 25.0 Å². The highest BCUT2D eigenvalue weighted by atomic mass is 32.2. The Hall–Kier alpha value is -0.950. The summed E-state index contributed by atoms with van der Waals surface area (Å²) >= 11 is 0. The van der Waals surface area contributed by atoms with Gasteiger partial charge in [-0.05, 0) is 32.0 Å². The summed E-state index contributed by atoms with van der Waals surface area (Å²) in [5.74, 6) is 0.0189. The molecule has 120 valence electrons. The zero-order chi connectivity index (χ0) is 15.9. The summed E-state index contributed by atoms with van der Waals surface area (Å²) in [7, 11) is 0.174. The number of hydrogen-bond acceptors (Lipinski definition) is 4. The molecule has 1 aromatic carbocycles. The lowest BCUT2D eigenvalue weighted by atomic mass is 10.1. The average molecular weight is 314 g/mol. The van der Waals surface area contributed by atoms with Gasteiger partial charge in [-0.3, -0.25) is 0 Å². The first-order valence-electron chi connectivity index (χ1n) is 7.13. The second kappa shape index (κ2) is 8.48. The molecule has 0 aromatic heterocycles. The molecule has 0 spiro atoms. The van der Waals surface area contributed by atoms with Gasteiger partial charge in [0.25, 0.3) is 0 Å². The van der Waals surface area contributed by atoms with Crippen molar-refractivity contribution in [3.63, 3.8) is 0 Å². The maximum Gasteiger partial charge on any atom is 0.218 e. The Kier molecular flexibility index (Phi) is 7.31. The fraction of sp³-hybridized carbons (Fsp3) is 0.600. The third kappa shape index (κ3) is 6.56. The van der Waals surface area contributed by atoms with Gasteiger partial charge in [-0.25, -0.2) is 12.7 Å². The highest BCUT2D eigenvalue weighted by Gasteiger charge is 2.18. The lowest BCUT2D eigenvalue weighted by molar-refractivity contribution is 0.0737. The molecule has 0 saturated heterocycles. The van der Waals surface area contributed by atoms with E-state index in [2.05, 4.69) is 5.32 Å². The molecule has 0 saturated carbocycles. The monoisotopic (exact) mass is 314 g/mol. The first kappa shape index (κ1) is 18.1. The SMILES string of the molecule is CNCc1ccc(CS(=O)(=O)N(C)CCOC(C)C)cc1. The molecule has 0 amide bonds. The van der Waals surface area contributed by atoms with Crippen LogP contribution in [0.15, 0.2) is 24.3 Å². The fourth-order valence-electron chi connectivity index (χ4n) is 1.83. The van der Waals surface area contributed by atoms with Crippen LogP contribution in [0, 0.1) is 0 Å². The van der Waals surface area contributed by atoms with E-state index in [1.165, 1.54) is 4.31 Å². The van der Waals surface area contributed by atoms with E-state index in [4.69, 9.17) is 4.74 Å². The Morgan fingerprint density at radius 1 is 1.19 bits per heavy atom. The third-order valence-electron chi connectivity index (χ3n) is 3.09. The van der Waals surface area contributed by atoms with Crippen LogP contribution in [0.25, 0.3) is 0 Å². The van der Waals surface area contributed by atoms with Gasteiger partial charge in [0.2, 0.25) is 10.0 Å². The van der Waals surface area contributed by atoms with Crippen molar-refractivity contribution in [2.75, 3.05) is 27.2 Å². The normalized spacial score (nSPS) is 12.3. The van der Waals surface area contributed by atoms with Crippen LogP contribution in [0.5, 0.6) is 0 Å². The van der Waals surface area contributed by atoms with Gasteiger partial charge in [-0.2, -0.15) is 0 Å². The van der Waals surface area contributed by atoms with E-state index in [0.717, 1.165) is 17.7 Å². The zero-order valence-electron chi connectivity index (χ0n) is 13.3. The van der Waals surface area contributed by atoms with Crippen molar-refractivity contribution in [3.05, 3.63) is 35.4 Å². The van der Waals surface area contributed by atoms with E-state index in [9.17, 15) is 8.42 Å². The van der Waals surface area contributed by atoms with Crippen LogP contribution in [-0.4, -0.2) is 46.1 Å². The van der Waals surface area contributed by atoms with E-state index in [-0.39, 0.29) is 11.9 Å². The highest BCUT2D eigenvalue weighted by Crippen LogP contribution is 2.11. The standard InChI is InChI=1S/C15H26N2O3S/c1-13(2)20-10-9-17(4)21(18,19)12-15-7-5-14(6-8-15)11-16-3/h5-8,13,16H,9-12H2,1-4H3. The molecule has 0 fully saturated rings. The number of likely N-dealkylation sites (N-methyl/N-ethyl adjacent to an activating group) is 1. The molecule has 5 nitrogen and oxygen atoms in total. The maximum atomic E-state index is 12.2. The van der Waals surface area contributed by atoms with Crippen molar-refractivity contribution < 1.29 is 13.2 Å². The molecule has 0 heterocycles. The molecule has 21 heavy (non-hydrogen) atoms. The summed E-state index contributed by atoms with van der Waals surface area (Å²) in [6.45, 7) is 5.43. The molecule has 0 unspecified atom stereocenters. The predicted molar refractivity (Wildman–Crippen MR) is 85.5 cm³/mol. The van der Waals surface area contributed by atoms with E-state index < -0.39 is 10.0 Å². The Balaban J connectivity index is 2.58. The Morgan fingerprint density at radius 3 is 2.29 bits per heavy atom. The van der Waals surface area contributed by atoms with Gasteiger partial charge in [0.15, 0.2) is 0 Å². The molecule has 0 radical (unpaired) electrons. The van der Waals surface area contributed by atoms with Crippen molar-refractivity contribution in [1.29, 1.82) is 0 Å². The van der Waals surface area contributed by atoms with Gasteiger partial charge in [0.05, 0.1) is 18.5 Å². The van der Waals surface area contributed by atoms with Crippen LogP contribution in [0.2, 0.25) is 0 Å². The van der Waals surface area contributed by atoms with Crippen LogP contribution in [-0.2, 0) is 27.1 Å². The minimum absolute atomic E-state index is 0.0189. The molecule has 0 aliphatic rings. The number of nitrogens with one attached hydrogen (secondary N) is 1. The molecular formula is C15H26N2O3S. The van der Waals surface area contributed by atoms with Crippen molar-refractivity contribution in [3.8, 4) is 0 Å². The Bertz CT molecular complexity index is 512. The second-order valence-electron chi connectivity index (χ2n) is 5.34. The number of hydrogen-bond donors (Lipinski definition) is 1. The molecule has 1 aromatic rings. The minimum atomic E-state index is -3.30. The van der Waals surface area contributed by atoms with Crippen molar-refractivity contribution in [2.45, 2.75) is 32.2 Å². The minimum Gasteiger partial charge on any atom is -0.377 e. The number of sulfonamides is 1. The molecule has 6 heteroatoms. The topological polar surface area (TPSA) is 58.6 Å². The van der Waals surface area contributed by atoms with E-state index >= 15 is 0 Å². The quantitative estimate of drug-likeness (QED) is 0.752. The van der Waals surface area contributed by atoms with Crippen LogP contribution in [0.4, 0.5) is 0 Å². The molecule has 0 aliphatic heterocycles. The first-order chi connectivity index (χ1) is 9.85. The van der Waals surface area contributed by atoms with Gasteiger partial charge in [0, 0.05) is 20.1 Å². The zero-order valence-corrected chi connectivity index (χ0v) is 14.1. The maximum absolute atomic E-state index is 12.2. The molecule has 0 bridgehead atoms.